The van der Waals surface area contributed by atoms with E-state index in [4.69, 9.17) is 5.11 Å². The number of nitrogens with one attached hydrogen (secondary N) is 2. The lowest BCUT2D eigenvalue weighted by atomic mass is 10.1. The summed E-state index contributed by atoms with van der Waals surface area (Å²) in [6.45, 7) is 7.28. The molecule has 0 aliphatic heterocycles. The van der Waals surface area contributed by atoms with E-state index in [2.05, 4.69) is 9.44 Å². The molecule has 16 heavy (non-hydrogen) atoms. The van der Waals surface area contributed by atoms with Crippen molar-refractivity contribution in [2.24, 2.45) is 11.8 Å². The number of carboxylic acids is 1. The van der Waals surface area contributed by atoms with E-state index >= 15 is 0 Å². The Labute approximate surface area is 96.6 Å². The van der Waals surface area contributed by atoms with E-state index in [1.54, 1.807) is 13.8 Å². The van der Waals surface area contributed by atoms with Crippen LogP contribution in [0.1, 0.15) is 27.7 Å². The van der Waals surface area contributed by atoms with Crippen molar-refractivity contribution in [3.8, 4) is 0 Å². The number of rotatable bonds is 7. The van der Waals surface area contributed by atoms with Crippen molar-refractivity contribution in [2.45, 2.75) is 33.7 Å². The largest absolute Gasteiger partial charge is 0.480 e. The van der Waals surface area contributed by atoms with E-state index in [9.17, 15) is 13.2 Å². The predicted molar refractivity (Wildman–Crippen MR) is 61.2 cm³/mol. The molecule has 0 amide bonds. The maximum atomic E-state index is 11.5. The summed E-state index contributed by atoms with van der Waals surface area (Å²) >= 11 is 0. The van der Waals surface area contributed by atoms with E-state index < -0.39 is 22.2 Å². The first-order valence-corrected chi connectivity index (χ1v) is 6.63. The molecule has 0 aliphatic carbocycles. The summed E-state index contributed by atoms with van der Waals surface area (Å²) < 4.78 is 27.3. The van der Waals surface area contributed by atoms with Crippen LogP contribution in [0.25, 0.3) is 0 Å². The Morgan fingerprint density at radius 2 is 1.75 bits per heavy atom. The Balaban J connectivity index is 4.49. The Morgan fingerprint density at radius 1 is 1.25 bits per heavy atom. The number of carboxylic acid groups (broad SMARTS) is 1. The van der Waals surface area contributed by atoms with Crippen molar-refractivity contribution >= 4 is 16.2 Å². The molecular weight excluding hydrogens is 232 g/mol. The maximum Gasteiger partial charge on any atom is 0.322 e. The fraction of sp³-hybridized carbons (Fsp3) is 0.889. The van der Waals surface area contributed by atoms with Gasteiger partial charge in [0.15, 0.2) is 0 Å². The quantitative estimate of drug-likeness (QED) is 0.602. The van der Waals surface area contributed by atoms with Crippen LogP contribution in [0.3, 0.4) is 0 Å². The first kappa shape index (κ1) is 15.3. The average molecular weight is 252 g/mol. The molecule has 0 spiro atoms. The standard InChI is InChI=1S/C9H20N2O4S/c1-6(2)5-10-16(14,15)11-8(7(3)4)9(12)13/h6-8,10-11H,5H2,1-4H3,(H,12,13). The van der Waals surface area contributed by atoms with Crippen LogP contribution >= 0.6 is 0 Å². The van der Waals surface area contributed by atoms with Gasteiger partial charge < -0.3 is 5.11 Å². The van der Waals surface area contributed by atoms with Gasteiger partial charge in [-0.2, -0.15) is 13.1 Å². The van der Waals surface area contributed by atoms with Crippen LogP contribution in [-0.2, 0) is 15.0 Å². The lowest BCUT2D eigenvalue weighted by Crippen LogP contribution is -2.49. The minimum Gasteiger partial charge on any atom is -0.480 e. The first-order valence-electron chi connectivity index (χ1n) is 5.15. The molecule has 0 saturated carbocycles. The van der Waals surface area contributed by atoms with E-state index in [-0.39, 0.29) is 18.4 Å². The van der Waals surface area contributed by atoms with Crippen molar-refractivity contribution in [3.05, 3.63) is 0 Å². The molecular formula is C9H20N2O4S. The summed E-state index contributed by atoms with van der Waals surface area (Å²) in [4.78, 5) is 10.8. The molecule has 0 saturated heterocycles. The molecule has 1 atom stereocenters. The highest BCUT2D eigenvalue weighted by molar-refractivity contribution is 7.87. The molecule has 0 rings (SSSR count). The molecule has 96 valence electrons. The second-order valence-corrected chi connectivity index (χ2v) is 5.95. The number of aliphatic carboxylic acids is 1. The summed E-state index contributed by atoms with van der Waals surface area (Å²) in [5.41, 5.74) is 0. The van der Waals surface area contributed by atoms with E-state index in [0.29, 0.717) is 0 Å². The van der Waals surface area contributed by atoms with Gasteiger partial charge in [0.2, 0.25) is 0 Å². The molecule has 0 aromatic heterocycles. The van der Waals surface area contributed by atoms with Crippen LogP contribution < -0.4 is 9.44 Å². The highest BCUT2D eigenvalue weighted by atomic mass is 32.2. The fourth-order valence-corrected chi connectivity index (χ4v) is 2.30. The maximum absolute atomic E-state index is 11.5. The lowest BCUT2D eigenvalue weighted by molar-refractivity contribution is -0.140. The molecule has 0 heterocycles. The first-order chi connectivity index (χ1) is 7.15. The molecule has 0 fully saturated rings. The Kier molecular flexibility index (Phi) is 5.91. The normalized spacial score (nSPS) is 14.4. The highest BCUT2D eigenvalue weighted by Crippen LogP contribution is 2.03. The van der Waals surface area contributed by atoms with Gasteiger partial charge in [-0.3, -0.25) is 4.79 Å². The third-order valence-corrected chi connectivity index (χ3v) is 3.01. The van der Waals surface area contributed by atoms with Gasteiger partial charge in [-0.25, -0.2) is 4.72 Å². The van der Waals surface area contributed by atoms with E-state index in [0.717, 1.165) is 0 Å². The smallest absolute Gasteiger partial charge is 0.322 e. The number of carbonyl (C=O) groups is 1. The summed E-state index contributed by atoms with van der Waals surface area (Å²) in [6, 6.07) is -1.11. The van der Waals surface area contributed by atoms with Gasteiger partial charge in [-0.05, 0) is 11.8 Å². The molecule has 0 aromatic carbocycles. The topological polar surface area (TPSA) is 95.5 Å². The van der Waals surface area contributed by atoms with Crippen molar-refractivity contribution in [1.82, 2.24) is 9.44 Å². The molecule has 0 aromatic rings. The molecule has 1 unspecified atom stereocenters. The van der Waals surface area contributed by atoms with Crippen LogP contribution in [0.4, 0.5) is 0 Å². The van der Waals surface area contributed by atoms with Gasteiger partial charge in [0, 0.05) is 6.54 Å². The SMILES string of the molecule is CC(C)CNS(=O)(=O)NC(C(=O)O)C(C)C. The molecule has 3 N–H and O–H groups in total. The second kappa shape index (κ2) is 6.17. The Hall–Kier alpha value is -0.660. The molecule has 7 heteroatoms. The van der Waals surface area contributed by atoms with Gasteiger partial charge in [0.05, 0.1) is 0 Å². The molecule has 0 aliphatic rings. The highest BCUT2D eigenvalue weighted by Gasteiger charge is 2.26. The van der Waals surface area contributed by atoms with Crippen molar-refractivity contribution in [2.75, 3.05) is 6.54 Å². The van der Waals surface area contributed by atoms with Gasteiger partial charge in [-0.1, -0.05) is 27.7 Å². The third-order valence-electron chi connectivity index (χ3n) is 1.90. The van der Waals surface area contributed by atoms with E-state index in [1.165, 1.54) is 0 Å². The van der Waals surface area contributed by atoms with Crippen LogP contribution in [0.5, 0.6) is 0 Å². The third kappa shape index (κ3) is 6.04. The van der Waals surface area contributed by atoms with Crippen molar-refractivity contribution in [3.63, 3.8) is 0 Å². The summed E-state index contributed by atoms with van der Waals surface area (Å²) in [5, 5.41) is 8.83. The van der Waals surface area contributed by atoms with Crippen LogP contribution in [0.2, 0.25) is 0 Å². The predicted octanol–water partition coefficient (Wildman–Crippen LogP) is 0.176. The Morgan fingerprint density at radius 3 is 2.06 bits per heavy atom. The zero-order valence-corrected chi connectivity index (χ0v) is 10.8. The van der Waals surface area contributed by atoms with Gasteiger partial charge in [0.1, 0.15) is 6.04 Å². The van der Waals surface area contributed by atoms with Gasteiger partial charge >= 0.3 is 5.97 Å². The monoisotopic (exact) mass is 252 g/mol. The molecule has 0 bridgehead atoms. The molecule has 0 radical (unpaired) electrons. The summed E-state index contributed by atoms with van der Waals surface area (Å²) in [6.07, 6.45) is 0. The van der Waals surface area contributed by atoms with Gasteiger partial charge in [-0.15, -0.1) is 0 Å². The average Bonchev–Trinajstić information content (AvgIpc) is 2.10. The van der Waals surface area contributed by atoms with Gasteiger partial charge in [0.25, 0.3) is 10.2 Å². The Bertz CT molecular complexity index is 324. The minimum atomic E-state index is -3.75. The second-order valence-electron chi connectivity index (χ2n) is 4.42. The zero-order valence-electron chi connectivity index (χ0n) is 10.0. The zero-order chi connectivity index (χ0) is 12.9. The van der Waals surface area contributed by atoms with Crippen molar-refractivity contribution in [1.29, 1.82) is 0 Å². The number of hydrogen-bond donors (Lipinski definition) is 3. The van der Waals surface area contributed by atoms with E-state index in [1.807, 2.05) is 13.8 Å². The molecule has 6 nitrogen and oxygen atoms in total. The van der Waals surface area contributed by atoms with Crippen LogP contribution in [0, 0.1) is 11.8 Å². The minimum absolute atomic E-state index is 0.166. The summed E-state index contributed by atoms with van der Waals surface area (Å²) in [7, 11) is -3.75. The lowest BCUT2D eigenvalue weighted by Gasteiger charge is -2.18. The fourth-order valence-electron chi connectivity index (χ4n) is 0.957. The number of hydrogen-bond acceptors (Lipinski definition) is 3. The van der Waals surface area contributed by atoms with Crippen molar-refractivity contribution < 1.29 is 18.3 Å². The summed E-state index contributed by atoms with van der Waals surface area (Å²) in [5.74, 6) is -1.32. The van der Waals surface area contributed by atoms with Crippen LogP contribution in [-0.4, -0.2) is 32.1 Å². The van der Waals surface area contributed by atoms with Crippen LogP contribution in [0.15, 0.2) is 0 Å².